The molecule has 0 bridgehead atoms. The van der Waals surface area contributed by atoms with Crippen molar-refractivity contribution in [3.63, 3.8) is 0 Å². The van der Waals surface area contributed by atoms with Crippen LogP contribution in [0.3, 0.4) is 0 Å². The number of ether oxygens (including phenoxy) is 4. The third kappa shape index (κ3) is 30.0. The van der Waals surface area contributed by atoms with Gasteiger partial charge in [-0.05, 0) is 70.8 Å². The highest BCUT2D eigenvalue weighted by Crippen LogP contribution is 2.44. The van der Waals surface area contributed by atoms with Gasteiger partial charge in [0.05, 0.1) is 0 Å². The fraction of sp³-hybridized carbons (Fsp3) is 0.613. The minimum Gasteiger partial charge on any atom is -0.491 e. The smallest absolute Gasteiger partial charge is 0.119 e. The molecule has 4 aromatic carbocycles. The molecule has 4 atom stereocenters. The number of nitrogens with zero attached hydrogens (tertiary/aromatic N) is 4. The average molecular weight is 1210 g/mol. The third-order valence-corrected chi connectivity index (χ3v) is 14.6. The summed E-state index contributed by atoms with van der Waals surface area (Å²) in [6, 6.07) is 31.9. The predicted octanol–water partition coefficient (Wildman–Crippen LogP) is -3.15. The lowest BCUT2D eigenvalue weighted by Gasteiger charge is -2.30. The van der Waals surface area contributed by atoms with Crippen molar-refractivity contribution in [2.75, 3.05) is 210 Å². The van der Waals surface area contributed by atoms with Gasteiger partial charge >= 0.3 is 0 Å². The molecule has 0 radical (unpaired) electrons. The Morgan fingerprint density at radius 2 is 0.453 bits per heavy atom. The van der Waals surface area contributed by atoms with Crippen LogP contribution in [0.1, 0.15) is 34.1 Å². The second-order valence-corrected chi connectivity index (χ2v) is 21.6. The Morgan fingerprint density at radius 3 is 0.616 bits per heavy atom. The topological polar surface area (TPSA) is 387 Å². The normalized spacial score (nSPS) is 14.0. The molecule has 0 heterocycles. The van der Waals surface area contributed by atoms with Crippen LogP contribution >= 0.6 is 0 Å². The second-order valence-electron chi connectivity index (χ2n) is 21.6. The van der Waals surface area contributed by atoms with E-state index in [4.69, 9.17) is 64.8 Å². The van der Waals surface area contributed by atoms with Gasteiger partial charge < -0.3 is 107 Å². The number of nitrogens with one attached hydrogen (secondary N) is 4. The molecule has 0 fully saturated rings. The first kappa shape index (κ1) is 73.7. The highest BCUT2D eigenvalue weighted by atomic mass is 16.5. The lowest BCUT2D eigenvalue weighted by Crippen LogP contribution is -2.40. The maximum Gasteiger partial charge on any atom is 0.119 e. The van der Waals surface area contributed by atoms with Crippen molar-refractivity contribution >= 4 is 0 Å². The van der Waals surface area contributed by atoms with E-state index in [1.54, 1.807) is 0 Å². The van der Waals surface area contributed by atoms with Gasteiger partial charge in [-0.2, -0.15) is 0 Å². The standard InChI is InChI=1S/C62H110N16O8/c63-17-29-75(30-18-64)37-25-71-41-53(79)45-83-57-9-1-49(2-10-57)61(50-3-11-58(12-4-50)84-46-54(80)42-72-26-38-76(31-19-65)32-20-66)62(51-5-13-59(14-6-51)85-47-55(81)43-73-27-39-77(33-21-67)34-22-68)52-7-15-60(16-8-52)86-48-56(82)44-74-28-40-78(35-23-69)36-24-70/h1-16,53-56,61-62,71-74,79-82H,17-48,63-70H2. The Kier molecular flexibility index (Phi) is 39.0. The molecular formula is C62H110N16O8. The maximum absolute atomic E-state index is 10.9. The number of aliphatic hydroxyl groups excluding tert-OH is 4. The highest BCUT2D eigenvalue weighted by Gasteiger charge is 2.29. The number of benzene rings is 4. The van der Waals surface area contributed by atoms with Crippen LogP contribution in [0.15, 0.2) is 97.1 Å². The molecule has 4 aromatic rings. The van der Waals surface area contributed by atoms with Crippen LogP contribution in [0.5, 0.6) is 23.0 Å². The fourth-order valence-electron chi connectivity index (χ4n) is 10.1. The first-order valence-corrected chi connectivity index (χ1v) is 30.9. The van der Waals surface area contributed by atoms with Gasteiger partial charge in [0.25, 0.3) is 0 Å². The van der Waals surface area contributed by atoms with Gasteiger partial charge in [0.1, 0.15) is 73.8 Å². The number of aliphatic hydroxyl groups is 4. The van der Waals surface area contributed by atoms with E-state index in [1.807, 2.05) is 48.5 Å². The number of rotatable bonds is 53. The summed E-state index contributed by atoms with van der Waals surface area (Å²) in [5.41, 5.74) is 50.2. The molecule has 0 saturated carbocycles. The molecule has 86 heavy (non-hydrogen) atoms. The fourth-order valence-corrected chi connectivity index (χ4v) is 10.1. The maximum atomic E-state index is 10.9. The summed E-state index contributed by atoms with van der Waals surface area (Å²) in [4.78, 5) is 8.78. The van der Waals surface area contributed by atoms with Crippen molar-refractivity contribution in [3.05, 3.63) is 119 Å². The summed E-state index contributed by atoms with van der Waals surface area (Å²) in [7, 11) is 0. The van der Waals surface area contributed by atoms with E-state index >= 15 is 0 Å². The van der Waals surface area contributed by atoms with E-state index in [9.17, 15) is 20.4 Å². The Morgan fingerprint density at radius 1 is 0.279 bits per heavy atom. The summed E-state index contributed by atoms with van der Waals surface area (Å²) in [5.74, 6) is 1.87. The van der Waals surface area contributed by atoms with Crippen LogP contribution in [-0.4, -0.2) is 274 Å². The van der Waals surface area contributed by atoms with Gasteiger partial charge in [-0.25, -0.2) is 0 Å². The van der Waals surface area contributed by atoms with Crippen molar-refractivity contribution in [2.24, 2.45) is 45.9 Å². The second kappa shape index (κ2) is 45.5. The Hall–Kier alpha value is -4.72. The van der Waals surface area contributed by atoms with Crippen molar-refractivity contribution in [1.82, 2.24) is 40.9 Å². The largest absolute Gasteiger partial charge is 0.491 e. The van der Waals surface area contributed by atoms with E-state index in [-0.39, 0.29) is 38.3 Å². The minimum atomic E-state index is -0.741. The van der Waals surface area contributed by atoms with E-state index < -0.39 is 24.4 Å². The Bertz CT molecular complexity index is 1920. The van der Waals surface area contributed by atoms with E-state index in [2.05, 4.69) is 89.4 Å². The van der Waals surface area contributed by atoms with Crippen LogP contribution in [0.25, 0.3) is 0 Å². The Balaban J connectivity index is 1.60. The summed E-state index contributed by atoms with van der Waals surface area (Å²) >= 11 is 0. The summed E-state index contributed by atoms with van der Waals surface area (Å²) in [6.45, 7) is 18.1. The third-order valence-electron chi connectivity index (χ3n) is 14.6. The van der Waals surface area contributed by atoms with E-state index in [0.717, 1.165) is 101 Å². The summed E-state index contributed by atoms with van der Waals surface area (Å²) in [5, 5.41) is 56.8. The molecule has 0 aliphatic carbocycles. The molecule has 24 heteroatoms. The molecule has 0 aliphatic heterocycles. The van der Waals surface area contributed by atoms with Crippen molar-refractivity contribution in [2.45, 2.75) is 36.3 Å². The molecule has 0 saturated heterocycles. The van der Waals surface area contributed by atoms with Crippen LogP contribution < -0.4 is 86.1 Å². The number of hydrogen-bond acceptors (Lipinski definition) is 24. The molecule has 0 spiro atoms. The van der Waals surface area contributed by atoms with Crippen molar-refractivity contribution in [3.8, 4) is 23.0 Å². The molecule has 486 valence electrons. The van der Waals surface area contributed by atoms with E-state index in [1.165, 1.54) is 0 Å². The van der Waals surface area contributed by atoms with E-state index in [0.29, 0.717) is 128 Å². The van der Waals surface area contributed by atoms with Gasteiger partial charge in [-0.1, -0.05) is 48.5 Å². The van der Waals surface area contributed by atoms with Gasteiger partial charge in [-0.3, -0.25) is 19.6 Å². The lowest BCUT2D eigenvalue weighted by molar-refractivity contribution is 0.105. The van der Waals surface area contributed by atoms with Crippen molar-refractivity contribution in [1.29, 1.82) is 0 Å². The van der Waals surface area contributed by atoms with Gasteiger partial charge in [0.15, 0.2) is 0 Å². The quantitative estimate of drug-likeness (QED) is 0.0194. The zero-order valence-electron chi connectivity index (χ0n) is 51.2. The van der Waals surface area contributed by atoms with Crippen LogP contribution in [0.4, 0.5) is 0 Å². The molecule has 4 rings (SSSR count). The summed E-state index contributed by atoms with van der Waals surface area (Å²) < 4.78 is 24.6. The van der Waals surface area contributed by atoms with Crippen LogP contribution in [-0.2, 0) is 0 Å². The zero-order valence-corrected chi connectivity index (χ0v) is 51.2. The molecule has 4 unspecified atom stereocenters. The van der Waals surface area contributed by atoms with Crippen molar-refractivity contribution < 1.29 is 39.4 Å². The predicted molar refractivity (Wildman–Crippen MR) is 345 cm³/mol. The van der Waals surface area contributed by atoms with Gasteiger partial charge in [0, 0.05) is 195 Å². The minimum absolute atomic E-state index is 0.0957. The Labute approximate surface area is 512 Å². The van der Waals surface area contributed by atoms with Crippen LogP contribution in [0, 0.1) is 0 Å². The van der Waals surface area contributed by atoms with Gasteiger partial charge in [-0.15, -0.1) is 0 Å². The average Bonchev–Trinajstić information content (AvgIpc) is 1.04. The summed E-state index contributed by atoms with van der Waals surface area (Å²) in [6.07, 6.45) is -2.97. The number of nitrogens with two attached hydrogens (primary N) is 8. The highest BCUT2D eigenvalue weighted by molar-refractivity contribution is 5.48. The molecule has 0 aromatic heterocycles. The molecular weight excluding hydrogens is 1100 g/mol. The van der Waals surface area contributed by atoms with Gasteiger partial charge in [0.2, 0.25) is 0 Å². The molecule has 24 N–H and O–H groups in total. The number of hydrogen-bond donors (Lipinski definition) is 16. The first-order valence-electron chi connectivity index (χ1n) is 30.9. The zero-order chi connectivity index (χ0) is 62.0. The monoisotopic (exact) mass is 1210 g/mol. The SMILES string of the molecule is NCCN(CCN)CCNCC(O)COc1ccc(C(c2ccc(OCC(O)CNCCN(CCN)CCN)cc2)C(c2ccc(OCC(O)CNCCN(CCN)CCN)cc2)c2ccc(OCC(O)CNCCN(CCN)CCN)cc2)cc1. The molecule has 0 aliphatic rings. The lowest BCUT2D eigenvalue weighted by atomic mass is 9.73. The molecule has 0 amide bonds. The molecule has 24 nitrogen and oxygen atoms in total. The first-order chi connectivity index (χ1) is 42.0. The van der Waals surface area contributed by atoms with Crippen LogP contribution in [0.2, 0.25) is 0 Å².